The molecular formula is C15H23NO3. The van der Waals surface area contributed by atoms with E-state index >= 15 is 0 Å². The molecule has 0 aliphatic heterocycles. The lowest BCUT2D eigenvalue weighted by molar-refractivity contribution is -0.139. The largest absolute Gasteiger partial charge is 0.480 e. The Morgan fingerprint density at radius 2 is 2.00 bits per heavy atom. The number of carboxylic acids is 1. The van der Waals surface area contributed by atoms with Gasteiger partial charge in [-0.1, -0.05) is 36.8 Å². The van der Waals surface area contributed by atoms with Crippen LogP contribution in [-0.4, -0.2) is 42.8 Å². The Balaban J connectivity index is 2.87. The van der Waals surface area contributed by atoms with Gasteiger partial charge in [0.2, 0.25) is 0 Å². The molecule has 4 nitrogen and oxygen atoms in total. The lowest BCUT2D eigenvalue weighted by Crippen LogP contribution is -2.36. The molecule has 1 atom stereocenters. The fraction of sp³-hybridized carbons (Fsp3) is 0.533. The van der Waals surface area contributed by atoms with Gasteiger partial charge in [-0.05, 0) is 18.9 Å². The molecular weight excluding hydrogens is 242 g/mol. The van der Waals surface area contributed by atoms with Crippen LogP contribution in [-0.2, 0) is 9.53 Å². The van der Waals surface area contributed by atoms with Crippen molar-refractivity contribution >= 4 is 5.97 Å². The summed E-state index contributed by atoms with van der Waals surface area (Å²) in [5, 5.41) is 9.04. The summed E-state index contributed by atoms with van der Waals surface area (Å²) in [5.41, 5.74) is 2.37. The number of hydrogen-bond acceptors (Lipinski definition) is 3. The van der Waals surface area contributed by atoms with E-state index in [1.807, 2.05) is 11.8 Å². The first-order valence-corrected chi connectivity index (χ1v) is 6.59. The number of nitrogens with zero attached hydrogens (tertiary/aromatic N) is 1. The smallest absolute Gasteiger partial charge is 0.317 e. The van der Waals surface area contributed by atoms with E-state index in [1.165, 1.54) is 5.56 Å². The number of ether oxygens (including phenoxy) is 1. The van der Waals surface area contributed by atoms with E-state index in [0.29, 0.717) is 13.2 Å². The normalized spacial score (nSPS) is 12.6. The number of hydrogen-bond donors (Lipinski definition) is 1. The van der Waals surface area contributed by atoms with Crippen molar-refractivity contribution in [1.82, 2.24) is 4.90 Å². The summed E-state index contributed by atoms with van der Waals surface area (Å²) in [7, 11) is 1.63. The van der Waals surface area contributed by atoms with Crippen LogP contribution in [0, 0.1) is 6.92 Å². The Hall–Kier alpha value is -1.39. The van der Waals surface area contributed by atoms with Crippen molar-refractivity contribution < 1.29 is 14.6 Å². The van der Waals surface area contributed by atoms with Gasteiger partial charge in [0, 0.05) is 19.7 Å². The molecule has 1 N–H and O–H groups in total. The molecule has 1 unspecified atom stereocenters. The van der Waals surface area contributed by atoms with Crippen LogP contribution in [0.4, 0.5) is 0 Å². The molecule has 4 heteroatoms. The fourth-order valence-corrected chi connectivity index (χ4v) is 2.22. The molecule has 1 rings (SSSR count). The zero-order chi connectivity index (χ0) is 14.3. The molecule has 0 radical (unpaired) electrons. The minimum Gasteiger partial charge on any atom is -0.480 e. The van der Waals surface area contributed by atoms with Crippen LogP contribution in [0.5, 0.6) is 0 Å². The molecule has 0 spiro atoms. The van der Waals surface area contributed by atoms with E-state index in [1.54, 1.807) is 7.11 Å². The van der Waals surface area contributed by atoms with Crippen LogP contribution in [0.25, 0.3) is 0 Å². The maximum absolute atomic E-state index is 11.0. The van der Waals surface area contributed by atoms with Crippen molar-refractivity contribution in [1.29, 1.82) is 0 Å². The molecule has 0 bridgehead atoms. The van der Waals surface area contributed by atoms with Gasteiger partial charge in [-0.15, -0.1) is 0 Å². The second-order valence-electron chi connectivity index (χ2n) is 4.69. The van der Waals surface area contributed by atoms with Gasteiger partial charge in [0.05, 0.1) is 13.2 Å². The second-order valence-corrected chi connectivity index (χ2v) is 4.69. The van der Waals surface area contributed by atoms with Gasteiger partial charge in [0.15, 0.2) is 0 Å². The number of benzene rings is 1. The predicted octanol–water partition coefficient (Wildman–Crippen LogP) is 2.48. The van der Waals surface area contributed by atoms with Crippen LogP contribution < -0.4 is 0 Å². The average Bonchev–Trinajstić information content (AvgIpc) is 2.38. The third-order valence-corrected chi connectivity index (χ3v) is 3.21. The molecule has 0 aromatic heterocycles. The third kappa shape index (κ3) is 5.01. The van der Waals surface area contributed by atoms with Crippen LogP contribution in [0.15, 0.2) is 24.3 Å². The minimum absolute atomic E-state index is 0.0374. The molecule has 106 valence electrons. The minimum atomic E-state index is -0.804. The zero-order valence-electron chi connectivity index (χ0n) is 11.9. The first-order valence-electron chi connectivity index (χ1n) is 6.59. The molecule has 0 saturated heterocycles. The molecule has 0 saturated carbocycles. The van der Waals surface area contributed by atoms with Gasteiger partial charge in [0.1, 0.15) is 0 Å². The van der Waals surface area contributed by atoms with Gasteiger partial charge in [0.25, 0.3) is 0 Å². The summed E-state index contributed by atoms with van der Waals surface area (Å²) >= 11 is 0. The van der Waals surface area contributed by atoms with Crippen LogP contribution in [0.1, 0.15) is 30.5 Å². The number of carboxylic acid groups (broad SMARTS) is 1. The number of rotatable bonds is 8. The standard InChI is InChI=1S/C15H23NO3/c1-4-14(13-7-5-12(2)6-8-13)16(9-10-19-3)11-15(17)18/h5-8,14H,4,9-11H2,1-3H3,(H,17,18). The Kier molecular flexibility index (Phi) is 6.53. The summed E-state index contributed by atoms with van der Waals surface area (Å²) in [6.45, 7) is 5.32. The maximum atomic E-state index is 11.0. The van der Waals surface area contributed by atoms with Crippen molar-refractivity contribution in [2.24, 2.45) is 0 Å². The molecule has 0 fully saturated rings. The van der Waals surface area contributed by atoms with Crippen LogP contribution in [0.3, 0.4) is 0 Å². The summed E-state index contributed by atoms with van der Waals surface area (Å²) < 4.78 is 5.07. The first kappa shape index (κ1) is 15.7. The highest BCUT2D eigenvalue weighted by molar-refractivity contribution is 5.69. The van der Waals surface area contributed by atoms with E-state index in [2.05, 4.69) is 31.2 Å². The molecule has 1 aromatic carbocycles. The van der Waals surface area contributed by atoms with Crippen molar-refractivity contribution in [3.63, 3.8) is 0 Å². The number of methoxy groups -OCH3 is 1. The predicted molar refractivity (Wildman–Crippen MR) is 75.3 cm³/mol. The van der Waals surface area contributed by atoms with Gasteiger partial charge in [-0.3, -0.25) is 9.69 Å². The molecule has 0 aliphatic carbocycles. The number of carbonyl (C=O) groups is 1. The summed E-state index contributed by atoms with van der Waals surface area (Å²) in [4.78, 5) is 13.0. The van der Waals surface area contributed by atoms with E-state index in [-0.39, 0.29) is 12.6 Å². The van der Waals surface area contributed by atoms with Crippen molar-refractivity contribution in [2.45, 2.75) is 26.3 Å². The van der Waals surface area contributed by atoms with Gasteiger partial charge in [-0.25, -0.2) is 0 Å². The summed E-state index contributed by atoms with van der Waals surface area (Å²) in [6.07, 6.45) is 0.875. The van der Waals surface area contributed by atoms with Crippen LogP contribution in [0.2, 0.25) is 0 Å². The van der Waals surface area contributed by atoms with Gasteiger partial charge < -0.3 is 9.84 Å². The Morgan fingerprint density at radius 1 is 1.37 bits per heavy atom. The highest BCUT2D eigenvalue weighted by Crippen LogP contribution is 2.24. The van der Waals surface area contributed by atoms with Crippen LogP contribution >= 0.6 is 0 Å². The molecule has 0 heterocycles. The van der Waals surface area contributed by atoms with Crippen molar-refractivity contribution in [3.8, 4) is 0 Å². The van der Waals surface area contributed by atoms with Crippen molar-refractivity contribution in [2.75, 3.05) is 26.8 Å². The Labute approximate surface area is 115 Å². The van der Waals surface area contributed by atoms with E-state index in [9.17, 15) is 4.79 Å². The lowest BCUT2D eigenvalue weighted by Gasteiger charge is -2.30. The quantitative estimate of drug-likeness (QED) is 0.784. The van der Waals surface area contributed by atoms with Crippen molar-refractivity contribution in [3.05, 3.63) is 35.4 Å². The Morgan fingerprint density at radius 3 is 2.47 bits per heavy atom. The number of aliphatic carboxylic acids is 1. The molecule has 0 amide bonds. The van der Waals surface area contributed by atoms with Gasteiger partial charge >= 0.3 is 5.97 Å². The molecule has 1 aromatic rings. The van der Waals surface area contributed by atoms with E-state index in [4.69, 9.17) is 9.84 Å². The number of aryl methyl sites for hydroxylation is 1. The van der Waals surface area contributed by atoms with E-state index in [0.717, 1.165) is 12.0 Å². The lowest BCUT2D eigenvalue weighted by atomic mass is 10.0. The zero-order valence-corrected chi connectivity index (χ0v) is 11.9. The van der Waals surface area contributed by atoms with Gasteiger partial charge in [-0.2, -0.15) is 0 Å². The highest BCUT2D eigenvalue weighted by Gasteiger charge is 2.20. The average molecular weight is 265 g/mol. The summed E-state index contributed by atoms with van der Waals surface area (Å²) in [6, 6.07) is 8.39. The Bertz CT molecular complexity index is 389. The third-order valence-electron chi connectivity index (χ3n) is 3.21. The first-order chi connectivity index (χ1) is 9.08. The molecule has 0 aliphatic rings. The SMILES string of the molecule is CCC(c1ccc(C)cc1)N(CCOC)CC(=O)O. The maximum Gasteiger partial charge on any atom is 0.317 e. The second kappa shape index (κ2) is 7.92. The summed E-state index contributed by atoms with van der Waals surface area (Å²) in [5.74, 6) is -0.804. The highest BCUT2D eigenvalue weighted by atomic mass is 16.5. The topological polar surface area (TPSA) is 49.8 Å². The monoisotopic (exact) mass is 265 g/mol. The van der Waals surface area contributed by atoms with E-state index < -0.39 is 5.97 Å². The fourth-order valence-electron chi connectivity index (χ4n) is 2.22. The molecule has 19 heavy (non-hydrogen) atoms.